The molecule has 124 valence electrons. The summed E-state index contributed by atoms with van der Waals surface area (Å²) in [5.41, 5.74) is 2.77. The van der Waals surface area contributed by atoms with Crippen LogP contribution in [0.25, 0.3) is 10.9 Å². The second-order valence-electron chi connectivity index (χ2n) is 5.73. The zero-order valence-electron chi connectivity index (χ0n) is 12.9. The second kappa shape index (κ2) is 6.33. The lowest BCUT2D eigenvalue weighted by Crippen LogP contribution is -2.50. The van der Waals surface area contributed by atoms with Crippen molar-refractivity contribution in [3.05, 3.63) is 40.5 Å². The number of rotatable bonds is 3. The lowest BCUT2D eigenvalue weighted by molar-refractivity contribution is 0.180. The van der Waals surface area contributed by atoms with Gasteiger partial charge in [0.25, 0.3) is 10.2 Å². The predicted molar refractivity (Wildman–Crippen MR) is 91.4 cm³/mol. The number of aryl methyl sites for hydroxylation is 1. The Labute approximate surface area is 141 Å². The van der Waals surface area contributed by atoms with E-state index >= 15 is 0 Å². The number of pyridine rings is 1. The number of hydrogen-bond acceptors (Lipinski definition) is 4. The minimum absolute atomic E-state index is 0.392. The molecule has 23 heavy (non-hydrogen) atoms. The van der Waals surface area contributed by atoms with E-state index in [0.717, 1.165) is 22.2 Å². The number of nitrogens with zero attached hydrogens (tertiary/aromatic N) is 3. The van der Waals surface area contributed by atoms with Crippen molar-refractivity contribution in [2.45, 2.75) is 13.5 Å². The summed E-state index contributed by atoms with van der Waals surface area (Å²) in [6, 6.07) is 7.91. The van der Waals surface area contributed by atoms with E-state index < -0.39 is 10.2 Å². The quantitative estimate of drug-likeness (QED) is 0.906. The molecule has 0 bridgehead atoms. The largest absolute Gasteiger partial charge is 0.295 e. The molecule has 1 aliphatic rings. The summed E-state index contributed by atoms with van der Waals surface area (Å²) in [4.78, 5) is 6.81. The number of halogens is 1. The summed E-state index contributed by atoms with van der Waals surface area (Å²) in [7, 11) is -3.60. The van der Waals surface area contributed by atoms with E-state index in [9.17, 15) is 8.42 Å². The molecule has 1 fully saturated rings. The van der Waals surface area contributed by atoms with Crippen LogP contribution in [0.5, 0.6) is 0 Å². The van der Waals surface area contributed by atoms with Crippen LogP contribution in [-0.4, -0.2) is 48.8 Å². The first-order chi connectivity index (χ1) is 10.9. The molecule has 1 aromatic carbocycles. The molecule has 1 aromatic heterocycles. The van der Waals surface area contributed by atoms with Crippen LogP contribution in [0.2, 0.25) is 5.02 Å². The number of para-hydroxylation sites is 1. The summed E-state index contributed by atoms with van der Waals surface area (Å²) in [5, 5.41) is 6.89. The topological polar surface area (TPSA) is 79.5 Å². The lowest BCUT2D eigenvalue weighted by Gasteiger charge is -2.32. The molecule has 0 radical (unpaired) electrons. The van der Waals surface area contributed by atoms with Gasteiger partial charge in [-0.1, -0.05) is 29.8 Å². The van der Waals surface area contributed by atoms with E-state index in [-0.39, 0.29) is 0 Å². The third-order valence-electron chi connectivity index (χ3n) is 4.21. The summed E-state index contributed by atoms with van der Waals surface area (Å²) >= 11 is 6.48. The van der Waals surface area contributed by atoms with Crippen molar-refractivity contribution >= 4 is 32.7 Å². The smallest absolute Gasteiger partial charge is 0.276 e. The van der Waals surface area contributed by atoms with Crippen LogP contribution in [0.1, 0.15) is 11.3 Å². The number of benzene rings is 1. The van der Waals surface area contributed by atoms with Gasteiger partial charge in [-0.25, -0.2) is 10.1 Å². The lowest BCUT2D eigenvalue weighted by atomic mass is 10.1. The zero-order valence-corrected chi connectivity index (χ0v) is 14.4. The fourth-order valence-corrected chi connectivity index (χ4v) is 3.75. The molecule has 1 aliphatic heterocycles. The van der Waals surface area contributed by atoms with Crippen molar-refractivity contribution in [1.29, 1.82) is 0 Å². The van der Waals surface area contributed by atoms with E-state index in [1.165, 1.54) is 4.31 Å². The Kier molecular flexibility index (Phi) is 4.57. The molecule has 6 nitrogen and oxygen atoms in total. The molecule has 1 saturated heterocycles. The van der Waals surface area contributed by atoms with Crippen LogP contribution in [0, 0.1) is 6.92 Å². The summed E-state index contributed by atoms with van der Waals surface area (Å²) in [6.07, 6.45) is 0. The third kappa shape index (κ3) is 3.49. The Bertz CT molecular complexity index is 833. The highest BCUT2D eigenvalue weighted by molar-refractivity contribution is 7.86. The Morgan fingerprint density at radius 2 is 1.87 bits per heavy atom. The Morgan fingerprint density at radius 3 is 2.52 bits per heavy atom. The molecule has 0 spiro atoms. The molecule has 2 aromatic rings. The summed E-state index contributed by atoms with van der Waals surface area (Å²) in [5.74, 6) is 0. The van der Waals surface area contributed by atoms with Gasteiger partial charge in [-0.15, -0.1) is 0 Å². The average Bonchev–Trinajstić information content (AvgIpc) is 2.52. The van der Waals surface area contributed by atoms with E-state index in [0.29, 0.717) is 37.7 Å². The fraction of sp³-hybridized carbons (Fsp3) is 0.400. The van der Waals surface area contributed by atoms with Gasteiger partial charge in [0, 0.05) is 38.1 Å². The molecule has 3 rings (SSSR count). The van der Waals surface area contributed by atoms with Crippen molar-refractivity contribution < 1.29 is 8.42 Å². The van der Waals surface area contributed by atoms with E-state index in [4.69, 9.17) is 16.7 Å². The van der Waals surface area contributed by atoms with Crippen molar-refractivity contribution in [3.8, 4) is 0 Å². The Balaban J connectivity index is 1.79. The van der Waals surface area contributed by atoms with Gasteiger partial charge in [0.05, 0.1) is 16.2 Å². The molecule has 2 heterocycles. The normalized spacial score (nSPS) is 17.7. The van der Waals surface area contributed by atoms with E-state index in [1.807, 2.05) is 31.2 Å². The summed E-state index contributed by atoms with van der Waals surface area (Å²) < 4.78 is 24.0. The monoisotopic (exact) mass is 354 g/mol. The highest BCUT2D eigenvalue weighted by Crippen LogP contribution is 2.27. The third-order valence-corrected chi connectivity index (χ3v) is 5.80. The minimum Gasteiger partial charge on any atom is -0.295 e. The zero-order chi connectivity index (χ0) is 16.6. The standard InChI is InChI=1S/C15H19ClN4O2S/c1-11-12-4-2-3-5-13(12)18-14(15(11)16)10-19-6-8-20(9-7-19)23(17,21)22/h2-5H,6-10H2,1H3,(H2,17,21,22). The van der Waals surface area contributed by atoms with Gasteiger partial charge < -0.3 is 0 Å². The maximum Gasteiger partial charge on any atom is 0.276 e. The maximum atomic E-state index is 11.3. The first-order valence-electron chi connectivity index (χ1n) is 7.40. The van der Waals surface area contributed by atoms with Gasteiger partial charge in [0.1, 0.15) is 0 Å². The maximum absolute atomic E-state index is 11.3. The molecule has 0 atom stereocenters. The van der Waals surface area contributed by atoms with Gasteiger partial charge in [-0.3, -0.25) is 4.90 Å². The van der Waals surface area contributed by atoms with Crippen molar-refractivity contribution in [1.82, 2.24) is 14.2 Å². The molecule has 0 amide bonds. The number of fused-ring (bicyclic) bond motifs is 1. The van der Waals surface area contributed by atoms with Gasteiger partial charge in [-0.2, -0.15) is 12.7 Å². The van der Waals surface area contributed by atoms with E-state index in [2.05, 4.69) is 9.88 Å². The van der Waals surface area contributed by atoms with Crippen LogP contribution < -0.4 is 5.14 Å². The first-order valence-corrected chi connectivity index (χ1v) is 9.28. The van der Waals surface area contributed by atoms with Crippen LogP contribution >= 0.6 is 11.6 Å². The molecular formula is C15H19ClN4O2S. The van der Waals surface area contributed by atoms with Crippen molar-refractivity contribution in [2.75, 3.05) is 26.2 Å². The summed E-state index contributed by atoms with van der Waals surface area (Å²) in [6.45, 7) is 4.60. The molecule has 8 heteroatoms. The van der Waals surface area contributed by atoms with Crippen LogP contribution in [0.4, 0.5) is 0 Å². The SMILES string of the molecule is Cc1c(Cl)c(CN2CCN(S(N)(=O)=O)CC2)nc2ccccc12. The number of hydrogen-bond donors (Lipinski definition) is 1. The molecule has 0 saturated carbocycles. The van der Waals surface area contributed by atoms with E-state index in [1.54, 1.807) is 0 Å². The number of piperazine rings is 1. The Morgan fingerprint density at radius 1 is 1.22 bits per heavy atom. The minimum atomic E-state index is -3.60. The number of aromatic nitrogens is 1. The Hall–Kier alpha value is -1.25. The molecule has 0 unspecified atom stereocenters. The van der Waals surface area contributed by atoms with Gasteiger partial charge in [0.15, 0.2) is 0 Å². The highest BCUT2D eigenvalue weighted by Gasteiger charge is 2.24. The first kappa shape index (κ1) is 16.6. The predicted octanol–water partition coefficient (Wildman–Crippen LogP) is 1.52. The van der Waals surface area contributed by atoms with Crippen LogP contribution in [-0.2, 0) is 16.8 Å². The number of nitrogens with two attached hydrogens (primary N) is 1. The highest BCUT2D eigenvalue weighted by atomic mass is 35.5. The molecule has 0 aliphatic carbocycles. The van der Waals surface area contributed by atoms with Crippen molar-refractivity contribution in [3.63, 3.8) is 0 Å². The van der Waals surface area contributed by atoms with Gasteiger partial charge >= 0.3 is 0 Å². The van der Waals surface area contributed by atoms with Gasteiger partial charge in [0.2, 0.25) is 0 Å². The molecular weight excluding hydrogens is 336 g/mol. The second-order valence-corrected chi connectivity index (χ2v) is 7.66. The molecule has 2 N–H and O–H groups in total. The van der Waals surface area contributed by atoms with Gasteiger partial charge in [-0.05, 0) is 18.6 Å². The fourth-order valence-electron chi connectivity index (χ4n) is 2.88. The van der Waals surface area contributed by atoms with Crippen LogP contribution in [0.3, 0.4) is 0 Å². The van der Waals surface area contributed by atoms with Crippen molar-refractivity contribution in [2.24, 2.45) is 5.14 Å². The average molecular weight is 355 g/mol. The van der Waals surface area contributed by atoms with Crippen LogP contribution in [0.15, 0.2) is 24.3 Å².